The zero-order valence-corrected chi connectivity index (χ0v) is 13.3. The summed E-state index contributed by atoms with van der Waals surface area (Å²) in [5, 5.41) is 0. The van der Waals surface area contributed by atoms with Gasteiger partial charge in [-0.1, -0.05) is 50.0 Å². The molecule has 1 saturated heterocycles. The molecular formula is C14H25LiN2Si. The summed E-state index contributed by atoms with van der Waals surface area (Å²) in [5.41, 5.74) is 1.44. The monoisotopic (exact) mass is 256 g/mol. The molecule has 1 aromatic rings. The van der Waals surface area contributed by atoms with Crippen LogP contribution in [-0.2, 0) is 6.54 Å². The van der Waals surface area contributed by atoms with Gasteiger partial charge in [-0.15, -0.1) is 0 Å². The summed E-state index contributed by atoms with van der Waals surface area (Å²) in [7, 11) is -1.07. The summed E-state index contributed by atoms with van der Waals surface area (Å²) in [5.74, 6) is 0. The molecule has 0 atom stereocenters. The Labute approximate surface area is 126 Å². The van der Waals surface area contributed by atoms with E-state index in [4.69, 9.17) is 0 Å². The van der Waals surface area contributed by atoms with Gasteiger partial charge in [-0.05, 0) is 5.56 Å². The van der Waals surface area contributed by atoms with E-state index in [1.54, 1.807) is 0 Å². The van der Waals surface area contributed by atoms with Crippen molar-refractivity contribution in [3.05, 3.63) is 35.9 Å². The number of benzene rings is 1. The second-order valence-electron chi connectivity index (χ2n) is 5.92. The third-order valence-electron chi connectivity index (χ3n) is 3.57. The van der Waals surface area contributed by atoms with Gasteiger partial charge in [0.2, 0.25) is 0 Å². The number of piperazine rings is 1. The Morgan fingerprint density at radius 2 is 1.56 bits per heavy atom. The van der Waals surface area contributed by atoms with E-state index in [-0.39, 0.29) is 20.3 Å². The summed E-state index contributed by atoms with van der Waals surface area (Å²) in [6.07, 6.45) is 0. The van der Waals surface area contributed by atoms with Crippen LogP contribution in [0, 0.1) is 0 Å². The molecule has 0 amide bonds. The normalized spacial score (nSPS) is 18.4. The smallest absolute Gasteiger partial charge is 1.00 e. The number of hydrogen-bond acceptors (Lipinski definition) is 2. The molecule has 2 rings (SSSR count). The topological polar surface area (TPSA) is 6.48 Å². The van der Waals surface area contributed by atoms with Gasteiger partial charge in [-0.25, -0.2) is 0 Å². The Hall–Kier alpha value is -0.0457. The quantitative estimate of drug-likeness (QED) is 0.689. The Kier molecular flexibility index (Phi) is 6.16. The van der Waals surface area contributed by atoms with Crippen molar-refractivity contribution in [2.24, 2.45) is 0 Å². The fourth-order valence-corrected chi connectivity index (χ4v) is 3.96. The molecule has 0 saturated carbocycles. The van der Waals surface area contributed by atoms with Gasteiger partial charge in [0.25, 0.3) is 0 Å². The third-order valence-corrected chi connectivity index (χ3v) is 5.91. The van der Waals surface area contributed by atoms with Crippen LogP contribution >= 0.6 is 0 Å². The largest absolute Gasteiger partial charge is 1.00 e. The predicted octanol–water partition coefficient (Wildman–Crippen LogP) is -0.244. The van der Waals surface area contributed by atoms with Gasteiger partial charge >= 0.3 is 18.9 Å². The second-order valence-corrected chi connectivity index (χ2v) is 10.9. The molecule has 96 valence electrons. The molecule has 1 aliphatic heterocycles. The summed E-state index contributed by atoms with van der Waals surface area (Å²) in [6.45, 7) is 13.4. The van der Waals surface area contributed by atoms with Crippen LogP contribution in [0.25, 0.3) is 0 Å². The molecule has 0 aromatic heterocycles. The van der Waals surface area contributed by atoms with Gasteiger partial charge in [0.1, 0.15) is 8.24 Å². The van der Waals surface area contributed by atoms with Crippen molar-refractivity contribution < 1.29 is 20.3 Å². The fourth-order valence-electron chi connectivity index (χ4n) is 2.42. The van der Waals surface area contributed by atoms with Crippen molar-refractivity contribution in [2.45, 2.75) is 26.2 Å². The van der Waals surface area contributed by atoms with Gasteiger partial charge in [-0.3, -0.25) is 4.90 Å². The molecule has 0 N–H and O–H groups in total. The maximum atomic E-state index is 2.72. The Bertz CT molecular complexity index is 348. The molecule has 0 aliphatic carbocycles. The minimum atomic E-state index is -1.07. The van der Waals surface area contributed by atoms with E-state index < -0.39 is 8.24 Å². The maximum Gasteiger partial charge on any atom is 1.00 e. The molecule has 1 aromatic carbocycles. The van der Waals surface area contributed by atoms with Crippen molar-refractivity contribution in [1.29, 1.82) is 0 Å². The minimum absolute atomic E-state index is 0. The molecule has 2 nitrogen and oxygen atoms in total. The van der Waals surface area contributed by atoms with Gasteiger partial charge in [-0.2, -0.15) is 0 Å². The average Bonchev–Trinajstić information content (AvgIpc) is 2.30. The zero-order chi connectivity index (χ0) is 12.3. The van der Waals surface area contributed by atoms with E-state index in [0.717, 1.165) is 6.54 Å². The maximum absolute atomic E-state index is 2.72. The van der Waals surface area contributed by atoms with Crippen molar-refractivity contribution in [2.75, 3.05) is 26.2 Å². The third kappa shape index (κ3) is 4.57. The van der Waals surface area contributed by atoms with E-state index in [0.29, 0.717) is 0 Å². The van der Waals surface area contributed by atoms with Crippen LogP contribution in [0.5, 0.6) is 0 Å². The SMILES string of the molecule is C[Si](C)(C)N1CCN(Cc2ccccc2)CC1.[H-].[Li+]. The fraction of sp³-hybridized carbons (Fsp3) is 0.571. The van der Waals surface area contributed by atoms with Gasteiger partial charge in [0.05, 0.1) is 0 Å². The standard InChI is InChI=1S/C14H24N2Si.Li.H/c1-17(2,3)16-11-9-15(10-12-16)13-14-7-5-4-6-8-14;;/h4-8H,9-13H2,1-3H3;;/q;+1;-1. The van der Waals surface area contributed by atoms with Crippen LogP contribution in [0.2, 0.25) is 19.6 Å². The van der Waals surface area contributed by atoms with Crippen molar-refractivity contribution >= 4 is 8.24 Å². The number of hydrogen-bond donors (Lipinski definition) is 0. The molecule has 1 heterocycles. The van der Waals surface area contributed by atoms with E-state index in [1.165, 1.54) is 31.7 Å². The number of nitrogens with zero attached hydrogens (tertiary/aromatic N) is 2. The second kappa shape index (κ2) is 6.93. The average molecular weight is 256 g/mol. The summed E-state index contributed by atoms with van der Waals surface area (Å²) in [4.78, 5) is 2.58. The predicted molar refractivity (Wildman–Crippen MR) is 77.8 cm³/mol. The first-order valence-corrected chi connectivity index (χ1v) is 10.0. The van der Waals surface area contributed by atoms with Crippen LogP contribution in [-0.4, -0.2) is 43.9 Å². The van der Waals surface area contributed by atoms with Crippen molar-refractivity contribution in [1.82, 2.24) is 9.47 Å². The minimum Gasteiger partial charge on any atom is -1.00 e. The summed E-state index contributed by atoms with van der Waals surface area (Å²) in [6, 6.07) is 10.8. The van der Waals surface area contributed by atoms with Crippen LogP contribution in [0.15, 0.2) is 30.3 Å². The van der Waals surface area contributed by atoms with E-state index in [2.05, 4.69) is 59.4 Å². The van der Waals surface area contributed by atoms with E-state index >= 15 is 0 Å². The molecule has 18 heavy (non-hydrogen) atoms. The van der Waals surface area contributed by atoms with Crippen LogP contribution in [0.4, 0.5) is 0 Å². The molecule has 1 aliphatic rings. The first kappa shape index (κ1) is 16.0. The summed E-state index contributed by atoms with van der Waals surface area (Å²) < 4.78 is 2.72. The molecule has 0 spiro atoms. The molecule has 4 heteroatoms. The first-order valence-electron chi connectivity index (χ1n) is 6.57. The van der Waals surface area contributed by atoms with Gasteiger partial charge in [0, 0.05) is 32.7 Å². The van der Waals surface area contributed by atoms with Gasteiger partial charge < -0.3 is 5.99 Å². The Morgan fingerprint density at radius 1 is 1.00 bits per heavy atom. The molecule has 0 bridgehead atoms. The molecule has 0 radical (unpaired) electrons. The van der Waals surface area contributed by atoms with Crippen molar-refractivity contribution in [3.63, 3.8) is 0 Å². The van der Waals surface area contributed by atoms with E-state index in [9.17, 15) is 0 Å². The zero-order valence-electron chi connectivity index (χ0n) is 13.3. The van der Waals surface area contributed by atoms with Gasteiger partial charge in [0.15, 0.2) is 0 Å². The Balaban J connectivity index is 0.00000162. The number of rotatable bonds is 3. The first-order chi connectivity index (χ1) is 8.05. The van der Waals surface area contributed by atoms with Crippen LogP contribution < -0.4 is 18.9 Å². The summed E-state index contributed by atoms with van der Waals surface area (Å²) >= 11 is 0. The molecular weight excluding hydrogens is 231 g/mol. The van der Waals surface area contributed by atoms with Crippen LogP contribution in [0.3, 0.4) is 0 Å². The van der Waals surface area contributed by atoms with E-state index in [1.807, 2.05) is 0 Å². The molecule has 0 unspecified atom stereocenters. The Morgan fingerprint density at radius 3 is 2.06 bits per heavy atom. The van der Waals surface area contributed by atoms with Crippen LogP contribution in [0.1, 0.15) is 6.99 Å². The molecule has 1 fully saturated rings. The van der Waals surface area contributed by atoms with Crippen molar-refractivity contribution in [3.8, 4) is 0 Å².